The molecule has 0 radical (unpaired) electrons. The molecule has 0 saturated heterocycles. The zero-order chi connectivity index (χ0) is 15.1. The summed E-state index contributed by atoms with van der Waals surface area (Å²) in [6, 6.07) is 14.9. The van der Waals surface area contributed by atoms with Gasteiger partial charge in [0.1, 0.15) is 5.69 Å². The van der Waals surface area contributed by atoms with Gasteiger partial charge in [0.25, 0.3) is 5.69 Å². The lowest BCUT2D eigenvalue weighted by atomic mass is 10.2. The van der Waals surface area contributed by atoms with Crippen molar-refractivity contribution >= 4 is 11.4 Å². The van der Waals surface area contributed by atoms with Crippen molar-refractivity contribution < 1.29 is 9.66 Å². The van der Waals surface area contributed by atoms with Gasteiger partial charge >= 0.3 is 0 Å². The minimum atomic E-state index is -0.376. The summed E-state index contributed by atoms with van der Waals surface area (Å²) >= 11 is 0. The van der Waals surface area contributed by atoms with Gasteiger partial charge in [-0.25, -0.2) is 0 Å². The number of benzene rings is 2. The third-order valence-electron chi connectivity index (χ3n) is 3.01. The molecule has 0 aliphatic rings. The standard InChI is InChI=1S/C16H18N2O3/c1-2-17-15-9-8-14(10-16(15)18(19)20)12-21-11-13-6-4-3-5-7-13/h3-10,17H,2,11-12H2,1H3. The first-order chi connectivity index (χ1) is 10.2. The summed E-state index contributed by atoms with van der Waals surface area (Å²) in [5.74, 6) is 0. The minimum absolute atomic E-state index is 0.0812. The number of nitrogens with zero attached hydrogens (tertiary/aromatic N) is 1. The second-order valence-electron chi connectivity index (χ2n) is 4.62. The highest BCUT2D eigenvalue weighted by molar-refractivity contribution is 5.62. The maximum Gasteiger partial charge on any atom is 0.292 e. The van der Waals surface area contributed by atoms with E-state index in [-0.39, 0.29) is 10.6 Å². The fourth-order valence-electron chi connectivity index (χ4n) is 2.02. The first kappa shape index (κ1) is 15.0. The van der Waals surface area contributed by atoms with Crippen LogP contribution >= 0.6 is 0 Å². The Hall–Kier alpha value is -2.40. The molecule has 0 aliphatic heterocycles. The summed E-state index contributed by atoms with van der Waals surface area (Å²) in [6.45, 7) is 3.39. The lowest BCUT2D eigenvalue weighted by molar-refractivity contribution is -0.384. The molecule has 0 saturated carbocycles. The van der Waals surface area contributed by atoms with Gasteiger partial charge < -0.3 is 10.1 Å². The quantitative estimate of drug-likeness (QED) is 0.622. The molecule has 2 aromatic rings. The van der Waals surface area contributed by atoms with Gasteiger partial charge in [-0.3, -0.25) is 10.1 Å². The van der Waals surface area contributed by atoms with Gasteiger partial charge in [-0.2, -0.15) is 0 Å². The van der Waals surface area contributed by atoms with E-state index < -0.39 is 0 Å². The van der Waals surface area contributed by atoms with Crippen molar-refractivity contribution in [1.29, 1.82) is 0 Å². The van der Waals surface area contributed by atoms with E-state index in [2.05, 4.69) is 5.32 Å². The Bertz CT molecular complexity index is 600. The summed E-state index contributed by atoms with van der Waals surface area (Å²) < 4.78 is 5.60. The van der Waals surface area contributed by atoms with E-state index in [1.807, 2.05) is 43.3 Å². The van der Waals surface area contributed by atoms with E-state index in [1.165, 1.54) is 0 Å². The molecule has 21 heavy (non-hydrogen) atoms. The molecule has 0 fully saturated rings. The number of rotatable bonds is 7. The van der Waals surface area contributed by atoms with Crippen LogP contribution in [0.5, 0.6) is 0 Å². The Kier molecular flexibility index (Phi) is 5.29. The largest absolute Gasteiger partial charge is 0.380 e. The van der Waals surface area contributed by atoms with Gasteiger partial charge in [-0.05, 0) is 24.1 Å². The van der Waals surface area contributed by atoms with Gasteiger partial charge in [0.2, 0.25) is 0 Å². The molecule has 0 heterocycles. The number of ether oxygens (including phenoxy) is 1. The minimum Gasteiger partial charge on any atom is -0.380 e. The van der Waals surface area contributed by atoms with Gasteiger partial charge in [-0.15, -0.1) is 0 Å². The third kappa shape index (κ3) is 4.29. The maximum atomic E-state index is 11.1. The van der Waals surface area contributed by atoms with E-state index in [1.54, 1.807) is 12.1 Å². The topological polar surface area (TPSA) is 64.4 Å². The van der Waals surface area contributed by atoms with Gasteiger partial charge in [0.05, 0.1) is 18.1 Å². The molecule has 0 amide bonds. The predicted molar refractivity (Wildman–Crippen MR) is 82.2 cm³/mol. The van der Waals surface area contributed by atoms with Crippen molar-refractivity contribution in [3.05, 3.63) is 69.8 Å². The first-order valence-corrected chi connectivity index (χ1v) is 6.83. The van der Waals surface area contributed by atoms with Gasteiger partial charge in [0.15, 0.2) is 0 Å². The molecule has 5 heteroatoms. The van der Waals surface area contributed by atoms with E-state index in [4.69, 9.17) is 4.74 Å². The number of hydrogen-bond acceptors (Lipinski definition) is 4. The van der Waals surface area contributed by atoms with Crippen LogP contribution in [0, 0.1) is 10.1 Å². The molecule has 0 aliphatic carbocycles. The molecule has 0 atom stereocenters. The number of anilines is 1. The first-order valence-electron chi connectivity index (χ1n) is 6.83. The summed E-state index contributed by atoms with van der Waals surface area (Å²) in [5, 5.41) is 14.1. The second kappa shape index (κ2) is 7.40. The van der Waals surface area contributed by atoms with Crippen LogP contribution in [0.1, 0.15) is 18.1 Å². The van der Waals surface area contributed by atoms with Crippen molar-refractivity contribution in [1.82, 2.24) is 0 Å². The Labute approximate surface area is 123 Å². The molecule has 2 rings (SSSR count). The molecular weight excluding hydrogens is 268 g/mol. The molecule has 0 aromatic heterocycles. The van der Waals surface area contributed by atoms with Crippen LogP contribution in [0.25, 0.3) is 0 Å². The zero-order valence-corrected chi connectivity index (χ0v) is 11.9. The van der Waals surface area contributed by atoms with Crippen molar-refractivity contribution in [2.45, 2.75) is 20.1 Å². The van der Waals surface area contributed by atoms with Gasteiger partial charge in [0, 0.05) is 12.6 Å². The van der Waals surface area contributed by atoms with E-state index in [9.17, 15) is 10.1 Å². The Balaban J connectivity index is 2.00. The number of nitro benzene ring substituents is 1. The Morgan fingerprint density at radius 1 is 1.10 bits per heavy atom. The van der Waals surface area contributed by atoms with Crippen molar-refractivity contribution in [2.75, 3.05) is 11.9 Å². The van der Waals surface area contributed by atoms with Crippen LogP contribution in [-0.4, -0.2) is 11.5 Å². The molecule has 1 N–H and O–H groups in total. The highest BCUT2D eigenvalue weighted by Gasteiger charge is 2.13. The SMILES string of the molecule is CCNc1ccc(COCc2ccccc2)cc1[N+](=O)[O-]. The van der Waals surface area contributed by atoms with E-state index >= 15 is 0 Å². The highest BCUT2D eigenvalue weighted by Crippen LogP contribution is 2.25. The number of nitrogens with one attached hydrogen (secondary N) is 1. The van der Waals surface area contributed by atoms with Crippen molar-refractivity contribution in [3.63, 3.8) is 0 Å². The van der Waals surface area contributed by atoms with E-state index in [0.717, 1.165) is 11.1 Å². The summed E-state index contributed by atoms with van der Waals surface area (Å²) in [7, 11) is 0. The second-order valence-corrected chi connectivity index (χ2v) is 4.62. The molecule has 5 nitrogen and oxygen atoms in total. The van der Waals surface area contributed by atoms with Crippen LogP contribution in [0.4, 0.5) is 11.4 Å². The van der Waals surface area contributed by atoms with Crippen molar-refractivity contribution in [3.8, 4) is 0 Å². The maximum absolute atomic E-state index is 11.1. The molecule has 0 bridgehead atoms. The zero-order valence-electron chi connectivity index (χ0n) is 11.9. The van der Waals surface area contributed by atoms with Crippen LogP contribution in [0.3, 0.4) is 0 Å². The fourth-order valence-corrected chi connectivity index (χ4v) is 2.02. The lowest BCUT2D eigenvalue weighted by Gasteiger charge is -2.08. The summed E-state index contributed by atoms with van der Waals surface area (Å²) in [6.07, 6.45) is 0. The van der Waals surface area contributed by atoms with Crippen LogP contribution in [0.2, 0.25) is 0 Å². The average molecular weight is 286 g/mol. The van der Waals surface area contributed by atoms with Gasteiger partial charge in [-0.1, -0.05) is 36.4 Å². The lowest BCUT2D eigenvalue weighted by Crippen LogP contribution is -2.02. The molecular formula is C16H18N2O3. The van der Waals surface area contributed by atoms with Crippen molar-refractivity contribution in [2.24, 2.45) is 0 Å². The Morgan fingerprint density at radius 2 is 1.81 bits per heavy atom. The smallest absolute Gasteiger partial charge is 0.292 e. The summed E-state index contributed by atoms with van der Waals surface area (Å²) in [5.41, 5.74) is 2.49. The molecule has 0 unspecified atom stereocenters. The van der Waals surface area contributed by atoms with Crippen LogP contribution in [-0.2, 0) is 18.0 Å². The normalized spacial score (nSPS) is 10.3. The predicted octanol–water partition coefficient (Wildman–Crippen LogP) is 3.74. The molecule has 2 aromatic carbocycles. The fraction of sp³-hybridized carbons (Fsp3) is 0.250. The Morgan fingerprint density at radius 3 is 2.48 bits per heavy atom. The highest BCUT2D eigenvalue weighted by atomic mass is 16.6. The monoisotopic (exact) mass is 286 g/mol. The average Bonchev–Trinajstić information content (AvgIpc) is 2.50. The third-order valence-corrected chi connectivity index (χ3v) is 3.01. The molecule has 0 spiro atoms. The number of hydrogen-bond donors (Lipinski definition) is 1. The van der Waals surface area contributed by atoms with E-state index in [0.29, 0.717) is 25.4 Å². The summed E-state index contributed by atoms with van der Waals surface area (Å²) in [4.78, 5) is 10.7. The van der Waals surface area contributed by atoms with Crippen LogP contribution < -0.4 is 5.32 Å². The number of nitro groups is 1. The molecule has 110 valence electrons. The van der Waals surface area contributed by atoms with Crippen LogP contribution in [0.15, 0.2) is 48.5 Å².